The Labute approximate surface area is 237 Å². The van der Waals surface area contributed by atoms with E-state index < -0.39 is 10.0 Å². The molecule has 0 radical (unpaired) electrons. The Morgan fingerprint density at radius 3 is 2.74 bits per heavy atom. The van der Waals surface area contributed by atoms with E-state index in [-0.39, 0.29) is 35.2 Å². The second-order valence-electron chi connectivity index (χ2n) is 9.50. The first-order valence-corrected chi connectivity index (χ1v) is 15.2. The van der Waals surface area contributed by atoms with Gasteiger partial charge in [-0.25, -0.2) is 13.4 Å². The van der Waals surface area contributed by atoms with Crippen LogP contribution in [0.25, 0.3) is 0 Å². The fourth-order valence-electron chi connectivity index (χ4n) is 5.19. The maximum absolute atomic E-state index is 13.6. The summed E-state index contributed by atoms with van der Waals surface area (Å²) in [6, 6.07) is 11.7. The van der Waals surface area contributed by atoms with E-state index in [1.54, 1.807) is 34.5 Å². The average molecular weight is 584 g/mol. The molecule has 12 heteroatoms. The molecule has 210 valence electrons. The molecule has 3 heterocycles. The minimum atomic E-state index is -3.74. The van der Waals surface area contributed by atoms with Gasteiger partial charge in [-0.1, -0.05) is 11.6 Å². The largest absolute Gasteiger partial charge is 0.394 e. The number of aliphatic hydroxyl groups is 1. The van der Waals surface area contributed by atoms with Gasteiger partial charge >= 0.3 is 0 Å². The third-order valence-corrected chi connectivity index (χ3v) is 9.57. The summed E-state index contributed by atoms with van der Waals surface area (Å²) in [4.78, 5) is 23.7. The van der Waals surface area contributed by atoms with Crippen molar-refractivity contribution in [3.05, 3.63) is 64.6 Å². The lowest BCUT2D eigenvalue weighted by molar-refractivity contribution is -0.136. The number of thiazole rings is 1. The number of sulfonamides is 1. The number of fused-ring (bicyclic) bond motifs is 1. The Hall–Kier alpha value is -2.86. The van der Waals surface area contributed by atoms with Crippen LogP contribution in [0, 0.1) is 0 Å². The van der Waals surface area contributed by atoms with E-state index in [4.69, 9.17) is 11.6 Å². The second kappa shape index (κ2) is 11.1. The van der Waals surface area contributed by atoms with Crippen molar-refractivity contribution in [1.82, 2.24) is 9.88 Å². The number of carbonyl (C=O) groups is 1. The average Bonchev–Trinajstić information content (AvgIpc) is 3.43. The van der Waals surface area contributed by atoms with E-state index in [9.17, 15) is 18.3 Å². The minimum Gasteiger partial charge on any atom is -0.394 e. The number of aromatic nitrogens is 1. The zero-order valence-corrected chi connectivity index (χ0v) is 23.3. The monoisotopic (exact) mass is 583 g/mol. The summed E-state index contributed by atoms with van der Waals surface area (Å²) in [5.74, 6) is -0.0128. The molecule has 2 N–H and O–H groups in total. The summed E-state index contributed by atoms with van der Waals surface area (Å²) in [5, 5.41) is 12.9. The van der Waals surface area contributed by atoms with E-state index in [2.05, 4.69) is 19.5 Å². The Morgan fingerprint density at radius 2 is 2.03 bits per heavy atom. The van der Waals surface area contributed by atoms with Crippen LogP contribution in [0.2, 0.25) is 5.02 Å². The lowest BCUT2D eigenvalue weighted by atomic mass is 9.99. The molecule has 1 fully saturated rings. The summed E-state index contributed by atoms with van der Waals surface area (Å²) >= 11 is 7.40. The summed E-state index contributed by atoms with van der Waals surface area (Å²) in [5.41, 5.74) is 3.03. The number of halogens is 1. The molecule has 2 aliphatic heterocycles. The molecular weight excluding hydrogens is 546 g/mol. The molecule has 0 spiro atoms. The fourth-order valence-corrected chi connectivity index (χ4v) is 7.17. The van der Waals surface area contributed by atoms with Crippen molar-refractivity contribution >= 4 is 55.4 Å². The molecule has 2 atom stereocenters. The SMILES string of the molecule is C[C@@H](C(=O)N1CCN(c2ccc(S(=O)(=O)Nc3nccs3)cc2)C[C@H]1CO)N1CCCc2cc(Cl)ccc21.[HH].[HH].[HH].[HH]. The first-order valence-electron chi connectivity index (χ1n) is 12.5. The van der Waals surface area contributed by atoms with Gasteiger partial charge in [-0.2, -0.15) is 0 Å². The van der Waals surface area contributed by atoms with Crippen LogP contribution in [0.4, 0.5) is 16.5 Å². The van der Waals surface area contributed by atoms with Crippen LogP contribution in [0.1, 0.15) is 24.6 Å². The number of nitrogens with one attached hydrogen (secondary N) is 1. The van der Waals surface area contributed by atoms with Gasteiger partial charge in [0.15, 0.2) is 5.13 Å². The molecule has 1 saturated heterocycles. The number of aryl methyl sites for hydroxylation is 1. The van der Waals surface area contributed by atoms with Crippen LogP contribution < -0.4 is 14.5 Å². The second-order valence-corrected chi connectivity index (χ2v) is 12.5. The Morgan fingerprint density at radius 1 is 1.24 bits per heavy atom. The predicted octanol–water partition coefficient (Wildman–Crippen LogP) is 4.43. The number of amides is 1. The van der Waals surface area contributed by atoms with Crippen molar-refractivity contribution in [3.8, 4) is 0 Å². The molecule has 0 saturated carbocycles. The summed E-state index contributed by atoms with van der Waals surface area (Å²) < 4.78 is 27.8. The Kier molecular flexibility index (Phi) is 7.80. The van der Waals surface area contributed by atoms with Crippen LogP contribution in [-0.2, 0) is 21.2 Å². The van der Waals surface area contributed by atoms with Gasteiger partial charge in [0.05, 0.1) is 17.5 Å². The van der Waals surface area contributed by atoms with Crippen molar-refractivity contribution in [1.29, 1.82) is 0 Å². The minimum absolute atomic E-state index is 0. The van der Waals surface area contributed by atoms with Gasteiger partial charge < -0.3 is 19.8 Å². The number of hydrogen-bond donors (Lipinski definition) is 2. The van der Waals surface area contributed by atoms with Crippen LogP contribution in [0.15, 0.2) is 58.9 Å². The highest BCUT2D eigenvalue weighted by Crippen LogP contribution is 2.32. The summed E-state index contributed by atoms with van der Waals surface area (Å²) in [6.07, 6.45) is 3.43. The predicted molar refractivity (Wildman–Crippen MR) is 159 cm³/mol. The number of nitrogens with zero attached hydrogens (tertiary/aromatic N) is 4. The quantitative estimate of drug-likeness (QED) is 0.424. The lowest BCUT2D eigenvalue weighted by Gasteiger charge is -2.44. The van der Waals surface area contributed by atoms with Crippen LogP contribution in [-0.4, -0.2) is 74.2 Å². The van der Waals surface area contributed by atoms with Gasteiger partial charge in [0.2, 0.25) is 5.91 Å². The number of anilines is 3. The van der Waals surface area contributed by atoms with Gasteiger partial charge in [0.25, 0.3) is 10.0 Å². The fraction of sp³-hybridized carbons (Fsp3) is 0.385. The van der Waals surface area contributed by atoms with E-state index in [0.29, 0.717) is 29.8 Å². The number of piperazine rings is 1. The molecule has 5 rings (SSSR count). The van der Waals surface area contributed by atoms with Crippen molar-refractivity contribution in [3.63, 3.8) is 0 Å². The molecule has 3 aromatic rings. The number of aliphatic hydroxyl groups excluding tert-OH is 1. The number of rotatable bonds is 7. The van der Waals surface area contributed by atoms with Gasteiger partial charge in [-0.15, -0.1) is 11.3 Å². The first-order chi connectivity index (χ1) is 18.3. The van der Waals surface area contributed by atoms with Crippen molar-refractivity contribution in [2.45, 2.75) is 36.7 Å². The Balaban J connectivity index is 0.00000220. The lowest BCUT2D eigenvalue weighted by Crippen LogP contribution is -2.60. The maximum atomic E-state index is 13.6. The number of hydrogen-bond acceptors (Lipinski definition) is 8. The Bertz CT molecular complexity index is 1400. The third-order valence-electron chi connectivity index (χ3n) is 7.16. The smallest absolute Gasteiger partial charge is 0.263 e. The van der Waals surface area contributed by atoms with E-state index in [1.165, 1.54) is 17.5 Å². The zero-order valence-electron chi connectivity index (χ0n) is 21.0. The highest BCUT2D eigenvalue weighted by Gasteiger charge is 2.35. The highest BCUT2D eigenvalue weighted by molar-refractivity contribution is 7.93. The van der Waals surface area contributed by atoms with Crippen molar-refractivity contribution < 1.29 is 24.0 Å². The van der Waals surface area contributed by atoms with Gasteiger partial charge in [-0.05, 0) is 67.8 Å². The van der Waals surface area contributed by atoms with Crippen molar-refractivity contribution in [2.75, 3.05) is 47.3 Å². The number of carbonyl (C=O) groups excluding carboxylic acids is 1. The van der Waals surface area contributed by atoms with Crippen molar-refractivity contribution in [2.24, 2.45) is 0 Å². The first kappa shape index (κ1) is 26.7. The van der Waals surface area contributed by atoms with Gasteiger partial charge in [0.1, 0.15) is 6.04 Å². The third kappa shape index (κ3) is 5.47. The van der Waals surface area contributed by atoms with E-state index in [0.717, 1.165) is 36.3 Å². The molecular formula is C26H38ClN5O4S2. The molecule has 2 aliphatic rings. The molecule has 1 aromatic heterocycles. The molecule has 2 aromatic carbocycles. The van der Waals surface area contributed by atoms with Crippen LogP contribution >= 0.6 is 22.9 Å². The zero-order chi connectivity index (χ0) is 26.9. The van der Waals surface area contributed by atoms with Crippen LogP contribution in [0.3, 0.4) is 0 Å². The topological polar surface area (TPSA) is 106 Å². The molecule has 38 heavy (non-hydrogen) atoms. The van der Waals surface area contributed by atoms with E-state index in [1.807, 2.05) is 25.1 Å². The maximum Gasteiger partial charge on any atom is 0.263 e. The molecule has 9 nitrogen and oxygen atoms in total. The molecule has 0 unspecified atom stereocenters. The van der Waals surface area contributed by atoms with Crippen LogP contribution in [0.5, 0.6) is 0 Å². The standard InChI is InChI=1S/C26H30ClN5O4S2.4H2/c1-18(31-11-2-3-19-15-20(27)4-9-24(19)31)25(34)32-13-12-30(16-22(32)17-33)21-5-7-23(8-6-21)38(35,36)29-26-28-10-14-37-26;;;;/h4-10,14-15,18,22,33H,2-3,11-13,16-17H2,1H3,(H,28,29);4*1H/t18-,22-;;;;/m0..../s1. The highest BCUT2D eigenvalue weighted by atomic mass is 35.5. The summed E-state index contributed by atoms with van der Waals surface area (Å²) in [6.45, 7) is 4.03. The molecule has 1 amide bonds. The molecule has 0 bridgehead atoms. The number of benzene rings is 2. The molecule has 0 aliphatic carbocycles. The van der Waals surface area contributed by atoms with E-state index >= 15 is 0 Å². The summed E-state index contributed by atoms with van der Waals surface area (Å²) in [7, 11) is -3.74. The van der Waals surface area contributed by atoms with Gasteiger partial charge in [0, 0.05) is 59.9 Å². The van der Waals surface area contributed by atoms with Gasteiger partial charge in [-0.3, -0.25) is 9.52 Å². The normalized spacial score (nSPS) is 18.7.